The molecule has 2 aliphatic heterocycles. The summed E-state index contributed by atoms with van der Waals surface area (Å²) >= 11 is 0. The van der Waals surface area contributed by atoms with Crippen molar-refractivity contribution >= 4 is 17.7 Å². The van der Waals surface area contributed by atoms with Gasteiger partial charge in [0.05, 0.1) is 32.9 Å². The van der Waals surface area contributed by atoms with Crippen molar-refractivity contribution in [2.24, 2.45) is 0 Å². The van der Waals surface area contributed by atoms with E-state index >= 15 is 0 Å². The van der Waals surface area contributed by atoms with Gasteiger partial charge in [-0.2, -0.15) is 0 Å². The molecule has 3 amide bonds. The van der Waals surface area contributed by atoms with Crippen LogP contribution in [0.25, 0.3) is 0 Å². The minimum atomic E-state index is -0.798. The molecule has 1 aromatic rings. The van der Waals surface area contributed by atoms with Crippen LogP contribution >= 0.6 is 0 Å². The van der Waals surface area contributed by atoms with E-state index < -0.39 is 11.8 Å². The molecule has 9 nitrogen and oxygen atoms in total. The van der Waals surface area contributed by atoms with Gasteiger partial charge in [0, 0.05) is 32.7 Å². The number of rotatable bonds is 6. The lowest BCUT2D eigenvalue weighted by Gasteiger charge is -2.33. The van der Waals surface area contributed by atoms with E-state index in [1.54, 1.807) is 4.90 Å². The van der Waals surface area contributed by atoms with E-state index in [1.807, 2.05) is 30.3 Å². The van der Waals surface area contributed by atoms with E-state index in [2.05, 4.69) is 15.5 Å². The predicted octanol–water partition coefficient (Wildman–Crippen LogP) is -0.849. The van der Waals surface area contributed by atoms with Gasteiger partial charge in [-0.15, -0.1) is 0 Å². The second-order valence-electron chi connectivity index (χ2n) is 7.00. The Hall–Kier alpha value is -2.49. The average Bonchev–Trinajstić information content (AvgIpc) is 2.78. The molecule has 158 valence electrons. The Morgan fingerprint density at radius 3 is 2.45 bits per heavy atom. The first-order valence-corrected chi connectivity index (χ1v) is 9.94. The van der Waals surface area contributed by atoms with Gasteiger partial charge in [0.15, 0.2) is 0 Å². The van der Waals surface area contributed by atoms with Crippen LogP contribution in [0.1, 0.15) is 11.7 Å². The van der Waals surface area contributed by atoms with E-state index in [1.165, 1.54) is 0 Å². The van der Waals surface area contributed by atoms with E-state index in [-0.39, 0.29) is 18.6 Å². The number of benzene rings is 1. The summed E-state index contributed by atoms with van der Waals surface area (Å²) in [6.45, 7) is 5.15. The summed E-state index contributed by atoms with van der Waals surface area (Å²) in [5.41, 5.74) is 1.01. The quantitative estimate of drug-likeness (QED) is 0.600. The Bertz CT molecular complexity index is 693. The van der Waals surface area contributed by atoms with Crippen molar-refractivity contribution in [1.82, 2.24) is 20.4 Å². The third-order valence-electron chi connectivity index (χ3n) is 5.01. The normalized spacial score (nSPS) is 20.1. The van der Waals surface area contributed by atoms with E-state index in [0.29, 0.717) is 46.0 Å². The number of carbonyl (C=O) groups excluding carboxylic acids is 3. The molecule has 0 spiro atoms. The second-order valence-corrected chi connectivity index (χ2v) is 7.00. The van der Waals surface area contributed by atoms with Crippen molar-refractivity contribution in [3.8, 4) is 0 Å². The standard InChI is InChI=1S/C20H28N4O5/c25-18(24-10-13-29-17(15-24)16-4-2-1-3-5-16)14-22-20(27)19(26)21-6-7-23-8-11-28-12-9-23/h1-5,17H,6-15H2,(H,21,26)(H,22,27). The number of hydrogen-bond acceptors (Lipinski definition) is 6. The summed E-state index contributed by atoms with van der Waals surface area (Å²) in [4.78, 5) is 40.1. The zero-order valence-electron chi connectivity index (χ0n) is 16.5. The molecule has 0 radical (unpaired) electrons. The molecule has 1 unspecified atom stereocenters. The summed E-state index contributed by atoms with van der Waals surface area (Å²) in [5.74, 6) is -1.76. The Labute approximate surface area is 170 Å². The van der Waals surface area contributed by atoms with Gasteiger partial charge in [-0.1, -0.05) is 30.3 Å². The number of morpholine rings is 2. The molecule has 29 heavy (non-hydrogen) atoms. The van der Waals surface area contributed by atoms with Gasteiger partial charge in [0.1, 0.15) is 6.10 Å². The minimum absolute atomic E-state index is 0.187. The molecular formula is C20H28N4O5. The van der Waals surface area contributed by atoms with E-state index in [9.17, 15) is 14.4 Å². The Kier molecular flexibility index (Phi) is 7.97. The molecule has 1 atom stereocenters. The fraction of sp³-hybridized carbons (Fsp3) is 0.550. The molecule has 2 heterocycles. The maximum atomic E-state index is 12.4. The number of carbonyl (C=O) groups is 3. The lowest BCUT2D eigenvalue weighted by atomic mass is 10.1. The highest BCUT2D eigenvalue weighted by molar-refractivity contribution is 6.35. The van der Waals surface area contributed by atoms with Crippen LogP contribution in [0.2, 0.25) is 0 Å². The largest absolute Gasteiger partial charge is 0.379 e. The minimum Gasteiger partial charge on any atom is -0.379 e. The molecule has 2 saturated heterocycles. The van der Waals surface area contributed by atoms with Crippen LogP contribution in [0.5, 0.6) is 0 Å². The highest BCUT2D eigenvalue weighted by Gasteiger charge is 2.26. The number of hydrogen-bond donors (Lipinski definition) is 2. The van der Waals surface area contributed by atoms with Crippen LogP contribution in [0, 0.1) is 0 Å². The van der Waals surface area contributed by atoms with Gasteiger partial charge in [-0.25, -0.2) is 0 Å². The summed E-state index contributed by atoms with van der Waals surface area (Å²) in [6, 6.07) is 9.70. The Morgan fingerprint density at radius 1 is 0.966 bits per heavy atom. The van der Waals surface area contributed by atoms with Crippen molar-refractivity contribution in [3.05, 3.63) is 35.9 Å². The van der Waals surface area contributed by atoms with E-state index in [0.717, 1.165) is 18.7 Å². The molecule has 0 aromatic heterocycles. The highest BCUT2D eigenvalue weighted by Crippen LogP contribution is 2.21. The van der Waals surface area contributed by atoms with Crippen molar-refractivity contribution in [2.75, 3.05) is 65.6 Å². The zero-order valence-corrected chi connectivity index (χ0v) is 16.5. The van der Waals surface area contributed by atoms with Crippen LogP contribution in [-0.4, -0.2) is 93.2 Å². The Morgan fingerprint density at radius 2 is 1.69 bits per heavy atom. The van der Waals surface area contributed by atoms with E-state index in [4.69, 9.17) is 9.47 Å². The third kappa shape index (κ3) is 6.52. The van der Waals surface area contributed by atoms with Gasteiger partial charge >= 0.3 is 11.8 Å². The number of ether oxygens (including phenoxy) is 2. The second kappa shape index (κ2) is 10.9. The molecule has 0 bridgehead atoms. The maximum absolute atomic E-state index is 12.4. The van der Waals surface area contributed by atoms with Gasteiger partial charge in [-0.3, -0.25) is 19.3 Å². The zero-order chi connectivity index (χ0) is 20.5. The fourth-order valence-corrected chi connectivity index (χ4v) is 3.33. The van der Waals surface area contributed by atoms with Crippen LogP contribution in [-0.2, 0) is 23.9 Å². The SMILES string of the molecule is O=C(NCCN1CCOCC1)C(=O)NCC(=O)N1CCOC(c2ccccc2)C1. The van der Waals surface area contributed by atoms with Crippen LogP contribution in [0.3, 0.4) is 0 Å². The van der Waals surface area contributed by atoms with Gasteiger partial charge < -0.3 is 25.0 Å². The molecular weight excluding hydrogens is 376 g/mol. The predicted molar refractivity (Wildman–Crippen MR) is 105 cm³/mol. The van der Waals surface area contributed by atoms with Crippen molar-refractivity contribution in [1.29, 1.82) is 0 Å². The first kappa shape index (κ1) is 21.2. The number of amides is 3. The third-order valence-corrected chi connectivity index (χ3v) is 5.01. The fourth-order valence-electron chi connectivity index (χ4n) is 3.33. The molecule has 9 heteroatoms. The van der Waals surface area contributed by atoms with Gasteiger partial charge in [0.25, 0.3) is 0 Å². The highest BCUT2D eigenvalue weighted by atomic mass is 16.5. The molecule has 0 saturated carbocycles. The molecule has 0 aliphatic carbocycles. The van der Waals surface area contributed by atoms with Gasteiger partial charge in [0.2, 0.25) is 5.91 Å². The molecule has 2 N–H and O–H groups in total. The monoisotopic (exact) mass is 404 g/mol. The summed E-state index contributed by atoms with van der Waals surface area (Å²) in [7, 11) is 0. The molecule has 3 rings (SSSR count). The molecule has 2 fully saturated rings. The lowest BCUT2D eigenvalue weighted by molar-refractivity contribution is -0.142. The van der Waals surface area contributed by atoms with Crippen molar-refractivity contribution < 1.29 is 23.9 Å². The summed E-state index contributed by atoms with van der Waals surface area (Å²) in [5, 5.41) is 4.99. The smallest absolute Gasteiger partial charge is 0.309 e. The van der Waals surface area contributed by atoms with Gasteiger partial charge in [-0.05, 0) is 5.56 Å². The summed E-state index contributed by atoms with van der Waals surface area (Å²) in [6.07, 6.45) is -0.187. The average molecular weight is 404 g/mol. The van der Waals surface area contributed by atoms with Crippen molar-refractivity contribution in [2.45, 2.75) is 6.10 Å². The Balaban J connectivity index is 1.36. The maximum Gasteiger partial charge on any atom is 0.309 e. The molecule has 1 aromatic carbocycles. The lowest BCUT2D eigenvalue weighted by Crippen LogP contribution is -2.49. The van der Waals surface area contributed by atoms with Crippen LogP contribution in [0.15, 0.2) is 30.3 Å². The number of nitrogens with zero attached hydrogens (tertiary/aromatic N) is 2. The summed E-state index contributed by atoms with van der Waals surface area (Å²) < 4.78 is 11.0. The molecule has 2 aliphatic rings. The van der Waals surface area contributed by atoms with Crippen LogP contribution < -0.4 is 10.6 Å². The first-order chi connectivity index (χ1) is 14.1. The number of nitrogens with one attached hydrogen (secondary N) is 2. The van der Waals surface area contributed by atoms with Crippen LogP contribution in [0.4, 0.5) is 0 Å². The van der Waals surface area contributed by atoms with Crippen molar-refractivity contribution in [3.63, 3.8) is 0 Å². The first-order valence-electron chi connectivity index (χ1n) is 9.94. The topological polar surface area (TPSA) is 100 Å².